The van der Waals surface area contributed by atoms with E-state index in [9.17, 15) is 9.46 Å². The van der Waals surface area contributed by atoms with Gasteiger partial charge in [-0.2, -0.15) is 0 Å². The molecule has 0 saturated heterocycles. The van der Waals surface area contributed by atoms with Gasteiger partial charge in [-0.15, -0.1) is 0 Å². The van der Waals surface area contributed by atoms with Gasteiger partial charge >= 0.3 is 0 Å². The largest absolute Gasteiger partial charge is 0.756 e. The van der Waals surface area contributed by atoms with Crippen LogP contribution in [0.15, 0.2) is 0 Å². The minimum Gasteiger partial charge on any atom is -0.756 e. The predicted molar refractivity (Wildman–Crippen MR) is 154 cm³/mol. The van der Waals surface area contributed by atoms with Gasteiger partial charge in [0.2, 0.25) is 0 Å². The second kappa shape index (κ2) is 24.1. The summed E-state index contributed by atoms with van der Waals surface area (Å²) in [6, 6.07) is 0. The van der Waals surface area contributed by atoms with E-state index in [-0.39, 0.29) is 13.2 Å². The summed E-state index contributed by atoms with van der Waals surface area (Å²) in [6.45, 7) is 8.92. The lowest BCUT2D eigenvalue weighted by Crippen LogP contribution is -2.45. The quantitative estimate of drug-likeness (QED) is 0.0572. The van der Waals surface area contributed by atoms with Gasteiger partial charge in [0.25, 0.3) is 7.82 Å². The fraction of sp³-hybridized carbons (Fsp3) is 1.00. The van der Waals surface area contributed by atoms with Gasteiger partial charge in [0.15, 0.2) is 0 Å². The molecule has 0 radical (unpaired) electrons. The molecule has 0 bridgehead atoms. The molecular formula is C30H64NO4P. The lowest BCUT2D eigenvalue weighted by Gasteiger charge is -2.34. The van der Waals surface area contributed by atoms with E-state index < -0.39 is 7.82 Å². The number of hydrogen-bond donors (Lipinski definition) is 0. The van der Waals surface area contributed by atoms with Crippen LogP contribution in [0.5, 0.6) is 0 Å². The normalized spacial score (nSPS) is 14.7. The first-order valence-corrected chi connectivity index (χ1v) is 17.1. The van der Waals surface area contributed by atoms with E-state index in [4.69, 9.17) is 9.05 Å². The topological polar surface area (TPSA) is 58.6 Å². The second-order valence-electron chi connectivity index (χ2n) is 11.7. The van der Waals surface area contributed by atoms with Crippen LogP contribution >= 0.6 is 7.82 Å². The van der Waals surface area contributed by atoms with E-state index in [0.29, 0.717) is 12.5 Å². The molecule has 2 atom stereocenters. The number of likely N-dealkylation sites (N-methyl/N-ethyl adjacent to an activating group) is 1. The molecule has 0 aromatic heterocycles. The molecule has 218 valence electrons. The van der Waals surface area contributed by atoms with Crippen LogP contribution in [0, 0.1) is 5.92 Å². The fourth-order valence-corrected chi connectivity index (χ4v) is 5.70. The van der Waals surface area contributed by atoms with Gasteiger partial charge in [-0.1, -0.05) is 130 Å². The van der Waals surface area contributed by atoms with Crippen LogP contribution in [0.1, 0.15) is 149 Å². The molecule has 5 nitrogen and oxygen atoms in total. The van der Waals surface area contributed by atoms with E-state index in [1.807, 2.05) is 0 Å². The van der Waals surface area contributed by atoms with E-state index in [0.717, 1.165) is 30.3 Å². The Morgan fingerprint density at radius 1 is 0.639 bits per heavy atom. The van der Waals surface area contributed by atoms with E-state index in [1.54, 1.807) is 0 Å². The Kier molecular flexibility index (Phi) is 24.2. The number of unbranched alkanes of at least 4 members (excludes halogenated alkanes) is 16. The number of rotatable bonds is 28. The molecule has 0 aliphatic carbocycles. The Hall–Kier alpha value is 0.0700. The smallest absolute Gasteiger partial charge is 0.268 e. The van der Waals surface area contributed by atoms with Gasteiger partial charge in [0.05, 0.1) is 27.2 Å². The minimum atomic E-state index is -4.19. The highest BCUT2D eigenvalue weighted by Gasteiger charge is 2.22. The monoisotopic (exact) mass is 533 g/mol. The average Bonchev–Trinajstić information content (AvgIpc) is 2.83. The van der Waals surface area contributed by atoms with Crippen LogP contribution in [0.3, 0.4) is 0 Å². The molecule has 36 heavy (non-hydrogen) atoms. The summed E-state index contributed by atoms with van der Waals surface area (Å²) >= 11 is 0. The van der Waals surface area contributed by atoms with Crippen molar-refractivity contribution in [2.24, 2.45) is 5.92 Å². The number of phosphoric ester groups is 1. The third-order valence-electron chi connectivity index (χ3n) is 7.49. The van der Waals surface area contributed by atoms with Crippen molar-refractivity contribution in [1.29, 1.82) is 0 Å². The third-order valence-corrected chi connectivity index (χ3v) is 8.49. The van der Waals surface area contributed by atoms with Crippen molar-refractivity contribution in [3.05, 3.63) is 0 Å². The first-order chi connectivity index (χ1) is 17.3. The molecule has 2 unspecified atom stereocenters. The molecule has 0 saturated carbocycles. The molecular weight excluding hydrogens is 469 g/mol. The van der Waals surface area contributed by atoms with Gasteiger partial charge in [-0.3, -0.25) is 4.57 Å². The standard InChI is InChI=1S/C30H64NO4P/c1-6-9-11-12-13-14-15-16-17-18-19-20-21-22-23-24-27-34-36(32,33)35-28-26-31(4,5)29-30(8-3)25-10-7-2/h30H,6-29H2,1-5H3. The number of phosphoric acid groups is 1. The molecule has 0 N–H and O–H groups in total. The average molecular weight is 534 g/mol. The minimum absolute atomic E-state index is 0.191. The van der Waals surface area contributed by atoms with Gasteiger partial charge < -0.3 is 18.4 Å². The number of quaternary nitrogens is 1. The van der Waals surface area contributed by atoms with Crippen LogP contribution in [0.25, 0.3) is 0 Å². The summed E-state index contributed by atoms with van der Waals surface area (Å²) in [5, 5.41) is 0. The Labute approximate surface area is 226 Å². The van der Waals surface area contributed by atoms with Crippen molar-refractivity contribution in [2.75, 3.05) is 40.4 Å². The van der Waals surface area contributed by atoms with Crippen LogP contribution < -0.4 is 4.89 Å². The van der Waals surface area contributed by atoms with Crippen LogP contribution in [-0.4, -0.2) is 44.9 Å². The molecule has 0 aromatic rings. The number of nitrogens with zero attached hydrogens (tertiary/aromatic N) is 1. The zero-order chi connectivity index (χ0) is 27.0. The first kappa shape index (κ1) is 36.1. The molecule has 6 heteroatoms. The number of hydrogen-bond acceptors (Lipinski definition) is 4. The highest BCUT2D eigenvalue weighted by atomic mass is 31.2. The maximum absolute atomic E-state index is 12.1. The lowest BCUT2D eigenvalue weighted by molar-refractivity contribution is -0.893. The predicted octanol–water partition coefficient (Wildman–Crippen LogP) is 9.04. The molecule has 0 fully saturated rings. The maximum atomic E-state index is 12.1. The highest BCUT2D eigenvalue weighted by Crippen LogP contribution is 2.38. The van der Waals surface area contributed by atoms with Crippen molar-refractivity contribution < 1.29 is 23.0 Å². The fourth-order valence-electron chi connectivity index (χ4n) is 4.97. The molecule has 0 amide bonds. The maximum Gasteiger partial charge on any atom is 0.268 e. The first-order valence-electron chi connectivity index (χ1n) is 15.7. The third kappa shape index (κ3) is 24.4. The van der Waals surface area contributed by atoms with Crippen molar-refractivity contribution in [2.45, 2.75) is 149 Å². The summed E-state index contributed by atoms with van der Waals surface area (Å²) in [5.41, 5.74) is 0. The summed E-state index contributed by atoms with van der Waals surface area (Å²) in [6.07, 6.45) is 25.7. The molecule has 0 rings (SSSR count). The molecule has 0 heterocycles. The Morgan fingerprint density at radius 3 is 1.50 bits per heavy atom. The van der Waals surface area contributed by atoms with Crippen LogP contribution in [0.2, 0.25) is 0 Å². The van der Waals surface area contributed by atoms with Crippen molar-refractivity contribution in [3.8, 4) is 0 Å². The van der Waals surface area contributed by atoms with Crippen LogP contribution in [0.4, 0.5) is 0 Å². The van der Waals surface area contributed by atoms with Gasteiger partial charge in [0.1, 0.15) is 13.2 Å². The van der Waals surface area contributed by atoms with Gasteiger partial charge in [0, 0.05) is 5.92 Å². The lowest BCUT2D eigenvalue weighted by atomic mass is 9.98. The van der Waals surface area contributed by atoms with Crippen LogP contribution in [-0.2, 0) is 13.6 Å². The highest BCUT2D eigenvalue weighted by molar-refractivity contribution is 7.45. The summed E-state index contributed by atoms with van der Waals surface area (Å²) < 4.78 is 23.1. The second-order valence-corrected chi connectivity index (χ2v) is 13.1. The molecule has 0 spiro atoms. The summed E-state index contributed by atoms with van der Waals surface area (Å²) in [5.74, 6) is 0.685. The van der Waals surface area contributed by atoms with Crippen molar-refractivity contribution in [3.63, 3.8) is 0 Å². The Balaban J connectivity index is 3.60. The van der Waals surface area contributed by atoms with Gasteiger partial charge in [-0.25, -0.2) is 0 Å². The van der Waals surface area contributed by atoms with E-state index >= 15 is 0 Å². The SMILES string of the molecule is CCCCCCCCCCCCCCCCCCOP(=O)([O-])OCC[N+](C)(C)CC(CC)CCCC. The van der Waals surface area contributed by atoms with Crippen molar-refractivity contribution >= 4 is 7.82 Å². The Bertz CT molecular complexity index is 515. The summed E-state index contributed by atoms with van der Waals surface area (Å²) in [7, 11) is 0.128. The molecule has 0 aliphatic heterocycles. The molecule has 0 aromatic carbocycles. The zero-order valence-electron chi connectivity index (χ0n) is 25.1. The summed E-state index contributed by atoms with van der Waals surface area (Å²) in [4.78, 5) is 12.1. The van der Waals surface area contributed by atoms with E-state index in [2.05, 4.69) is 34.9 Å². The van der Waals surface area contributed by atoms with Gasteiger partial charge in [-0.05, 0) is 19.3 Å². The van der Waals surface area contributed by atoms with E-state index in [1.165, 1.54) is 109 Å². The zero-order valence-corrected chi connectivity index (χ0v) is 26.0. The van der Waals surface area contributed by atoms with Crippen molar-refractivity contribution in [1.82, 2.24) is 0 Å². The molecule has 0 aliphatic rings. The Morgan fingerprint density at radius 2 is 1.06 bits per heavy atom.